The number of hydrogen-bond acceptors (Lipinski definition) is 4. The maximum Gasteiger partial charge on any atom is 0.258 e. The van der Waals surface area contributed by atoms with Crippen molar-refractivity contribution in [2.75, 3.05) is 10.6 Å². The van der Waals surface area contributed by atoms with Gasteiger partial charge in [0.2, 0.25) is 5.95 Å². The molecule has 0 aliphatic carbocycles. The minimum absolute atomic E-state index is 0.0678. The quantitative estimate of drug-likeness (QED) is 0.686. The van der Waals surface area contributed by atoms with Gasteiger partial charge in [-0.1, -0.05) is 17.7 Å². The second-order valence-corrected chi connectivity index (χ2v) is 5.46. The fourth-order valence-corrected chi connectivity index (χ4v) is 2.09. The first-order chi connectivity index (χ1) is 12.4. The van der Waals surface area contributed by atoms with Crippen LogP contribution in [0.15, 0.2) is 48.8 Å². The lowest BCUT2D eigenvalue weighted by Gasteiger charge is -2.08. The predicted molar refractivity (Wildman–Crippen MR) is 90.8 cm³/mol. The predicted octanol–water partition coefficient (Wildman–Crippen LogP) is 4.20. The van der Waals surface area contributed by atoms with Crippen molar-refractivity contribution in [3.8, 4) is 0 Å². The van der Waals surface area contributed by atoms with E-state index in [0.29, 0.717) is 5.69 Å². The van der Waals surface area contributed by atoms with E-state index in [9.17, 15) is 18.0 Å². The molecule has 1 heterocycles. The highest BCUT2D eigenvalue weighted by molar-refractivity contribution is 6.03. The summed E-state index contributed by atoms with van der Waals surface area (Å²) in [5.74, 6) is -4.75. The van der Waals surface area contributed by atoms with Gasteiger partial charge < -0.3 is 10.6 Å². The maximum atomic E-state index is 13.6. The SMILES string of the molecule is Cc1ccc(NC(=O)c2cnc(Nc3ccc(F)c(F)c3F)nc2)cc1. The highest BCUT2D eigenvalue weighted by Crippen LogP contribution is 2.22. The minimum atomic E-state index is -1.59. The molecule has 26 heavy (non-hydrogen) atoms. The average molecular weight is 358 g/mol. The van der Waals surface area contributed by atoms with Crippen molar-refractivity contribution in [2.24, 2.45) is 0 Å². The summed E-state index contributed by atoms with van der Waals surface area (Å²) in [6.07, 6.45) is 2.47. The number of carbonyl (C=O) groups excluding carboxylic acids is 1. The van der Waals surface area contributed by atoms with Crippen LogP contribution in [0.1, 0.15) is 15.9 Å². The van der Waals surface area contributed by atoms with Crippen LogP contribution in [0.3, 0.4) is 0 Å². The molecule has 0 saturated heterocycles. The summed E-state index contributed by atoms with van der Waals surface area (Å²) in [4.78, 5) is 19.9. The highest BCUT2D eigenvalue weighted by atomic mass is 19.2. The molecule has 0 fully saturated rings. The van der Waals surface area contributed by atoms with Crippen LogP contribution < -0.4 is 10.6 Å². The molecule has 0 bridgehead atoms. The molecule has 0 aliphatic rings. The lowest BCUT2D eigenvalue weighted by molar-refractivity contribution is 0.102. The van der Waals surface area contributed by atoms with E-state index in [1.165, 1.54) is 12.4 Å². The summed E-state index contributed by atoms with van der Waals surface area (Å²) in [5.41, 5.74) is 1.54. The molecule has 0 atom stereocenters. The zero-order chi connectivity index (χ0) is 18.7. The van der Waals surface area contributed by atoms with Crippen LogP contribution in [0.5, 0.6) is 0 Å². The van der Waals surface area contributed by atoms with E-state index in [4.69, 9.17) is 0 Å². The molecule has 3 aromatic rings. The van der Waals surface area contributed by atoms with Gasteiger partial charge in [0.25, 0.3) is 5.91 Å². The first-order valence-corrected chi connectivity index (χ1v) is 7.54. The number of benzene rings is 2. The van der Waals surface area contributed by atoms with E-state index in [-0.39, 0.29) is 17.2 Å². The molecule has 0 aliphatic heterocycles. The molecular formula is C18H13F3N4O. The molecule has 5 nitrogen and oxygen atoms in total. The number of rotatable bonds is 4. The van der Waals surface area contributed by atoms with Crippen LogP contribution in [-0.2, 0) is 0 Å². The fraction of sp³-hybridized carbons (Fsp3) is 0.0556. The Kier molecular flexibility index (Phi) is 4.83. The molecular weight excluding hydrogens is 345 g/mol. The van der Waals surface area contributed by atoms with Crippen LogP contribution in [-0.4, -0.2) is 15.9 Å². The highest BCUT2D eigenvalue weighted by Gasteiger charge is 2.14. The zero-order valence-electron chi connectivity index (χ0n) is 13.6. The normalized spacial score (nSPS) is 10.5. The van der Waals surface area contributed by atoms with E-state index < -0.39 is 23.4 Å². The average Bonchev–Trinajstić information content (AvgIpc) is 2.64. The third-order valence-electron chi connectivity index (χ3n) is 3.51. The Bertz CT molecular complexity index is 944. The van der Waals surface area contributed by atoms with Gasteiger partial charge in [-0.2, -0.15) is 0 Å². The molecule has 1 amide bonds. The standard InChI is InChI=1S/C18H13F3N4O/c1-10-2-4-12(5-3-10)24-17(26)11-8-22-18(23-9-11)25-14-7-6-13(19)15(20)16(14)21/h2-9H,1H3,(H,24,26)(H,22,23,25). The fourth-order valence-electron chi connectivity index (χ4n) is 2.09. The Morgan fingerprint density at radius 1 is 0.923 bits per heavy atom. The van der Waals surface area contributed by atoms with Crippen molar-refractivity contribution in [3.05, 3.63) is 77.4 Å². The van der Waals surface area contributed by atoms with Crippen molar-refractivity contribution in [3.63, 3.8) is 0 Å². The molecule has 2 N–H and O–H groups in total. The summed E-state index contributed by atoms with van der Waals surface area (Å²) < 4.78 is 39.8. The molecule has 0 saturated carbocycles. The Morgan fingerprint density at radius 3 is 2.23 bits per heavy atom. The zero-order valence-corrected chi connectivity index (χ0v) is 13.6. The van der Waals surface area contributed by atoms with Gasteiger partial charge in [0.15, 0.2) is 17.5 Å². The van der Waals surface area contributed by atoms with Crippen LogP contribution in [0.25, 0.3) is 0 Å². The van der Waals surface area contributed by atoms with Crippen molar-refractivity contribution in [1.29, 1.82) is 0 Å². The van der Waals surface area contributed by atoms with Gasteiger partial charge in [0.05, 0.1) is 11.3 Å². The van der Waals surface area contributed by atoms with Crippen molar-refractivity contribution in [2.45, 2.75) is 6.92 Å². The molecule has 0 radical (unpaired) electrons. The lowest BCUT2D eigenvalue weighted by atomic mass is 10.2. The summed E-state index contributed by atoms with van der Waals surface area (Å²) in [5, 5.41) is 5.11. The Labute approximate surface area is 146 Å². The van der Waals surface area contributed by atoms with Crippen molar-refractivity contribution < 1.29 is 18.0 Å². The van der Waals surface area contributed by atoms with Gasteiger partial charge >= 0.3 is 0 Å². The number of nitrogens with one attached hydrogen (secondary N) is 2. The van der Waals surface area contributed by atoms with Gasteiger partial charge in [0, 0.05) is 18.1 Å². The number of amides is 1. The number of aromatic nitrogens is 2. The van der Waals surface area contributed by atoms with E-state index >= 15 is 0 Å². The Morgan fingerprint density at radius 2 is 1.58 bits per heavy atom. The molecule has 8 heteroatoms. The van der Waals surface area contributed by atoms with Gasteiger partial charge in [0.1, 0.15) is 0 Å². The van der Waals surface area contributed by atoms with Gasteiger partial charge in [-0.15, -0.1) is 0 Å². The lowest BCUT2D eigenvalue weighted by Crippen LogP contribution is -2.13. The van der Waals surface area contributed by atoms with E-state index in [1.807, 2.05) is 19.1 Å². The minimum Gasteiger partial charge on any atom is -0.322 e. The number of hydrogen-bond donors (Lipinski definition) is 2. The number of aryl methyl sites for hydroxylation is 1. The summed E-state index contributed by atoms with van der Waals surface area (Å²) >= 11 is 0. The van der Waals surface area contributed by atoms with Crippen LogP contribution >= 0.6 is 0 Å². The van der Waals surface area contributed by atoms with E-state index in [0.717, 1.165) is 17.7 Å². The first-order valence-electron chi connectivity index (χ1n) is 7.54. The molecule has 3 rings (SSSR count). The second kappa shape index (κ2) is 7.22. The number of carbonyl (C=O) groups is 1. The molecule has 1 aromatic heterocycles. The second-order valence-electron chi connectivity index (χ2n) is 5.46. The van der Waals surface area contributed by atoms with Gasteiger partial charge in [-0.05, 0) is 31.2 Å². The third kappa shape index (κ3) is 3.80. The van der Waals surface area contributed by atoms with Crippen molar-refractivity contribution in [1.82, 2.24) is 9.97 Å². The Hall–Kier alpha value is -3.42. The monoisotopic (exact) mass is 358 g/mol. The van der Waals surface area contributed by atoms with E-state index in [1.54, 1.807) is 12.1 Å². The van der Waals surface area contributed by atoms with Gasteiger partial charge in [-0.3, -0.25) is 4.79 Å². The third-order valence-corrected chi connectivity index (χ3v) is 3.51. The van der Waals surface area contributed by atoms with E-state index in [2.05, 4.69) is 20.6 Å². The summed E-state index contributed by atoms with van der Waals surface area (Å²) in [6, 6.07) is 9.04. The summed E-state index contributed by atoms with van der Waals surface area (Å²) in [7, 11) is 0. The topological polar surface area (TPSA) is 66.9 Å². The number of halogens is 3. The van der Waals surface area contributed by atoms with Crippen LogP contribution in [0.2, 0.25) is 0 Å². The number of nitrogens with zero attached hydrogens (tertiary/aromatic N) is 2. The van der Waals surface area contributed by atoms with Crippen LogP contribution in [0.4, 0.5) is 30.5 Å². The van der Waals surface area contributed by atoms with Gasteiger partial charge in [-0.25, -0.2) is 23.1 Å². The molecule has 2 aromatic carbocycles. The van der Waals surface area contributed by atoms with Crippen LogP contribution in [0, 0.1) is 24.4 Å². The van der Waals surface area contributed by atoms with Crippen molar-refractivity contribution >= 4 is 23.2 Å². The molecule has 132 valence electrons. The molecule has 0 spiro atoms. The Balaban J connectivity index is 1.71. The summed E-state index contributed by atoms with van der Waals surface area (Å²) in [6.45, 7) is 1.93. The first kappa shape index (κ1) is 17.4. The maximum absolute atomic E-state index is 13.6. The number of anilines is 3. The molecule has 0 unspecified atom stereocenters. The smallest absolute Gasteiger partial charge is 0.258 e. The largest absolute Gasteiger partial charge is 0.322 e.